The molecule has 0 saturated carbocycles. The van der Waals surface area contributed by atoms with Crippen LogP contribution in [0, 0.1) is 5.92 Å². The van der Waals surface area contributed by atoms with Crippen LogP contribution < -0.4 is 10.6 Å². The van der Waals surface area contributed by atoms with Gasteiger partial charge in [-0.25, -0.2) is 0 Å². The molecule has 4 amide bonds. The molecule has 158 valence electrons. The van der Waals surface area contributed by atoms with Crippen molar-refractivity contribution in [2.24, 2.45) is 5.92 Å². The molecule has 3 unspecified atom stereocenters. The number of amides is 4. The van der Waals surface area contributed by atoms with Gasteiger partial charge in [-0.2, -0.15) is 0 Å². The summed E-state index contributed by atoms with van der Waals surface area (Å²) in [4.78, 5) is 53.3. The van der Waals surface area contributed by atoms with Crippen molar-refractivity contribution in [1.82, 2.24) is 20.4 Å². The second-order valence-electron chi connectivity index (χ2n) is 8.77. The number of rotatable bonds is 3. The lowest BCUT2D eigenvalue weighted by Gasteiger charge is -2.42. The summed E-state index contributed by atoms with van der Waals surface area (Å²) in [5, 5.41) is 5.86. The lowest BCUT2D eigenvalue weighted by Crippen LogP contribution is -2.54. The predicted octanol–water partition coefficient (Wildman–Crippen LogP) is 0.662. The minimum absolute atomic E-state index is 0.125. The van der Waals surface area contributed by atoms with Crippen LogP contribution in [0.1, 0.15) is 58.4 Å². The van der Waals surface area contributed by atoms with Crippen molar-refractivity contribution in [3.8, 4) is 0 Å². The first-order valence-electron chi connectivity index (χ1n) is 10.8. The minimum Gasteiger partial charge on any atom is -0.312 e. The van der Waals surface area contributed by atoms with E-state index in [1.165, 1.54) is 12.8 Å². The van der Waals surface area contributed by atoms with E-state index >= 15 is 0 Å². The van der Waals surface area contributed by atoms with E-state index in [2.05, 4.69) is 15.5 Å². The number of nitrogens with zero attached hydrogens (tertiary/aromatic N) is 2. The second-order valence-corrected chi connectivity index (χ2v) is 8.77. The van der Waals surface area contributed by atoms with Crippen LogP contribution in [0.15, 0.2) is 18.2 Å². The molecule has 1 aromatic rings. The van der Waals surface area contributed by atoms with E-state index in [4.69, 9.17) is 0 Å². The Labute approximate surface area is 175 Å². The average Bonchev–Trinajstić information content (AvgIpc) is 2.99. The molecule has 0 radical (unpaired) electrons. The molecule has 4 aliphatic rings. The van der Waals surface area contributed by atoms with Crippen LogP contribution in [0.25, 0.3) is 0 Å². The summed E-state index contributed by atoms with van der Waals surface area (Å²) in [6, 6.07) is 4.92. The van der Waals surface area contributed by atoms with Gasteiger partial charge in [-0.3, -0.25) is 34.3 Å². The Bertz CT molecular complexity index is 930. The third kappa shape index (κ3) is 3.24. The molecule has 0 bridgehead atoms. The highest BCUT2D eigenvalue weighted by molar-refractivity contribution is 6.24. The number of hydrogen-bond acceptors (Lipinski definition) is 6. The SMILES string of the molecule is O=C1CCC(N2C(=O)c3cccc(CN4CCC5CCCNC5C4)c3C2=O)C(=O)N1. The third-order valence-electron chi connectivity index (χ3n) is 6.95. The molecule has 2 N–H and O–H groups in total. The van der Waals surface area contributed by atoms with Crippen LogP contribution in [-0.2, 0) is 16.1 Å². The van der Waals surface area contributed by atoms with Gasteiger partial charge in [0.2, 0.25) is 11.8 Å². The Kier molecular flexibility index (Phi) is 4.91. The number of likely N-dealkylation sites (tertiary alicyclic amines) is 1. The van der Waals surface area contributed by atoms with E-state index < -0.39 is 23.8 Å². The van der Waals surface area contributed by atoms with E-state index in [1.807, 2.05) is 6.07 Å². The van der Waals surface area contributed by atoms with Gasteiger partial charge >= 0.3 is 0 Å². The van der Waals surface area contributed by atoms with Crippen molar-refractivity contribution in [3.63, 3.8) is 0 Å². The minimum atomic E-state index is -0.926. The van der Waals surface area contributed by atoms with Crippen LogP contribution in [0.2, 0.25) is 0 Å². The van der Waals surface area contributed by atoms with E-state index in [0.717, 1.165) is 42.4 Å². The van der Waals surface area contributed by atoms with Gasteiger partial charge in [0.05, 0.1) is 11.1 Å². The van der Waals surface area contributed by atoms with Gasteiger partial charge < -0.3 is 5.32 Å². The number of nitrogens with one attached hydrogen (secondary N) is 2. The Morgan fingerprint density at radius 3 is 2.73 bits per heavy atom. The summed E-state index contributed by atoms with van der Waals surface area (Å²) in [6.07, 6.45) is 3.95. The van der Waals surface area contributed by atoms with Gasteiger partial charge in [0.1, 0.15) is 6.04 Å². The molecule has 0 spiro atoms. The first-order valence-corrected chi connectivity index (χ1v) is 10.8. The summed E-state index contributed by atoms with van der Waals surface area (Å²) in [5.41, 5.74) is 1.59. The van der Waals surface area contributed by atoms with Crippen LogP contribution in [-0.4, -0.2) is 65.1 Å². The molecular weight excluding hydrogens is 384 g/mol. The quantitative estimate of drug-likeness (QED) is 0.711. The number of benzene rings is 1. The number of carbonyl (C=O) groups is 4. The van der Waals surface area contributed by atoms with Crippen LogP contribution in [0.3, 0.4) is 0 Å². The summed E-state index contributed by atoms with van der Waals surface area (Å²) in [7, 11) is 0. The average molecular weight is 410 g/mol. The summed E-state index contributed by atoms with van der Waals surface area (Å²) >= 11 is 0. The van der Waals surface area contributed by atoms with Crippen molar-refractivity contribution in [2.45, 2.75) is 50.7 Å². The molecule has 0 aliphatic carbocycles. The molecule has 3 atom stereocenters. The van der Waals surface area contributed by atoms with Gasteiger partial charge in [0.25, 0.3) is 11.8 Å². The van der Waals surface area contributed by atoms with Crippen LogP contribution in [0.5, 0.6) is 0 Å². The van der Waals surface area contributed by atoms with Crippen molar-refractivity contribution >= 4 is 23.6 Å². The standard InChI is InChI=1S/C22H26N4O4/c27-18-7-6-17(20(28)24-18)26-21(29)15-5-1-3-14(19(15)22(26)30)11-25-10-8-13-4-2-9-23-16(13)12-25/h1,3,5,13,16-17,23H,2,4,6-12H2,(H,24,27,28). The number of imide groups is 2. The molecular formula is C22H26N4O4. The topological polar surface area (TPSA) is 98.8 Å². The number of fused-ring (bicyclic) bond motifs is 2. The molecule has 3 saturated heterocycles. The van der Waals surface area contributed by atoms with E-state index in [-0.39, 0.29) is 18.7 Å². The van der Waals surface area contributed by atoms with Crippen molar-refractivity contribution in [2.75, 3.05) is 19.6 Å². The molecule has 8 heteroatoms. The van der Waals surface area contributed by atoms with Gasteiger partial charge in [0, 0.05) is 25.6 Å². The lowest BCUT2D eigenvalue weighted by atomic mass is 9.84. The summed E-state index contributed by atoms with van der Waals surface area (Å²) in [5.74, 6) is -1.09. The highest BCUT2D eigenvalue weighted by Gasteiger charge is 2.45. The fourth-order valence-corrected chi connectivity index (χ4v) is 5.40. The normalized spacial score (nSPS) is 29.6. The third-order valence-corrected chi connectivity index (χ3v) is 6.95. The number of piperidine rings is 3. The molecule has 4 aliphatic heterocycles. The molecule has 1 aromatic carbocycles. The maximum atomic E-state index is 13.2. The van der Waals surface area contributed by atoms with Crippen LogP contribution in [0.4, 0.5) is 0 Å². The first kappa shape index (κ1) is 19.4. The van der Waals surface area contributed by atoms with E-state index in [1.54, 1.807) is 12.1 Å². The summed E-state index contributed by atoms with van der Waals surface area (Å²) < 4.78 is 0. The zero-order valence-electron chi connectivity index (χ0n) is 16.9. The smallest absolute Gasteiger partial charge is 0.262 e. The molecule has 4 heterocycles. The fraction of sp³-hybridized carbons (Fsp3) is 0.545. The zero-order valence-corrected chi connectivity index (χ0v) is 16.9. The molecule has 30 heavy (non-hydrogen) atoms. The zero-order chi connectivity index (χ0) is 20.8. The molecule has 5 rings (SSSR count). The van der Waals surface area contributed by atoms with Crippen molar-refractivity contribution < 1.29 is 19.2 Å². The summed E-state index contributed by atoms with van der Waals surface area (Å²) in [6.45, 7) is 3.58. The molecule has 0 aromatic heterocycles. The maximum absolute atomic E-state index is 13.2. The molecule has 3 fully saturated rings. The first-order chi connectivity index (χ1) is 14.5. The van der Waals surface area contributed by atoms with E-state index in [0.29, 0.717) is 23.7 Å². The maximum Gasteiger partial charge on any atom is 0.262 e. The van der Waals surface area contributed by atoms with Gasteiger partial charge in [-0.15, -0.1) is 0 Å². The Balaban J connectivity index is 1.37. The van der Waals surface area contributed by atoms with Gasteiger partial charge in [-0.05, 0) is 56.3 Å². The monoisotopic (exact) mass is 410 g/mol. The Hall–Kier alpha value is -2.58. The fourth-order valence-electron chi connectivity index (χ4n) is 5.40. The predicted molar refractivity (Wildman–Crippen MR) is 108 cm³/mol. The molecule has 8 nitrogen and oxygen atoms in total. The lowest BCUT2D eigenvalue weighted by molar-refractivity contribution is -0.136. The number of hydrogen-bond donors (Lipinski definition) is 2. The van der Waals surface area contributed by atoms with E-state index in [9.17, 15) is 19.2 Å². The Morgan fingerprint density at radius 2 is 1.90 bits per heavy atom. The second kappa shape index (κ2) is 7.59. The number of carbonyl (C=O) groups excluding carboxylic acids is 4. The van der Waals surface area contributed by atoms with Crippen LogP contribution >= 0.6 is 0 Å². The Morgan fingerprint density at radius 1 is 1.03 bits per heavy atom. The van der Waals surface area contributed by atoms with Gasteiger partial charge in [-0.1, -0.05) is 12.1 Å². The largest absolute Gasteiger partial charge is 0.312 e. The highest BCUT2D eigenvalue weighted by atomic mass is 16.2. The van der Waals surface area contributed by atoms with Crippen molar-refractivity contribution in [1.29, 1.82) is 0 Å². The van der Waals surface area contributed by atoms with Crippen molar-refractivity contribution in [3.05, 3.63) is 34.9 Å². The van der Waals surface area contributed by atoms with Gasteiger partial charge in [0.15, 0.2) is 0 Å². The highest BCUT2D eigenvalue weighted by Crippen LogP contribution is 2.32.